The largest absolute Gasteiger partial charge is 0.497 e. The summed E-state index contributed by atoms with van der Waals surface area (Å²) >= 11 is 1.30. The molecule has 3 aromatic rings. The first kappa shape index (κ1) is 15.8. The third kappa shape index (κ3) is 3.28. The van der Waals surface area contributed by atoms with Gasteiger partial charge in [-0.3, -0.25) is 20.4 Å². The Morgan fingerprint density at radius 3 is 2.33 bits per heavy atom. The fourth-order valence-electron chi connectivity index (χ4n) is 2.08. The van der Waals surface area contributed by atoms with Crippen LogP contribution in [0, 0.1) is 0 Å². The van der Waals surface area contributed by atoms with Gasteiger partial charge in [0.15, 0.2) is 5.13 Å². The molecule has 0 unspecified atom stereocenters. The van der Waals surface area contributed by atoms with Crippen molar-refractivity contribution in [3.8, 4) is 5.75 Å². The van der Waals surface area contributed by atoms with Crippen molar-refractivity contribution in [2.75, 3.05) is 12.8 Å². The summed E-state index contributed by atoms with van der Waals surface area (Å²) in [5, 5.41) is 0.440. The number of nitrogen functional groups attached to an aromatic ring is 1. The molecule has 8 heteroatoms. The van der Waals surface area contributed by atoms with E-state index in [0.717, 1.165) is 10.2 Å². The second-order valence-electron chi connectivity index (χ2n) is 4.87. The van der Waals surface area contributed by atoms with Crippen LogP contribution in [0.5, 0.6) is 5.75 Å². The third-order valence-corrected chi connectivity index (χ3v) is 4.16. The number of rotatable bonds is 3. The molecule has 3 rings (SSSR count). The summed E-state index contributed by atoms with van der Waals surface area (Å²) in [6.07, 6.45) is 0. The summed E-state index contributed by atoms with van der Waals surface area (Å²) in [5.74, 6) is -0.201. The molecule has 0 saturated carbocycles. The molecule has 0 spiro atoms. The second-order valence-corrected chi connectivity index (χ2v) is 5.93. The Hall–Kier alpha value is -3.13. The molecule has 0 fully saturated rings. The molecule has 1 aromatic heterocycles. The Bertz CT molecular complexity index is 905. The number of nitrogens with one attached hydrogen (secondary N) is 2. The number of methoxy groups -OCH3 is 1. The maximum absolute atomic E-state index is 12.1. The lowest BCUT2D eigenvalue weighted by Crippen LogP contribution is -2.41. The standard InChI is InChI=1S/C16H14N4O3S/c1-23-11-5-2-9(3-6-11)14(21)19-20-15(22)10-4-7-12-13(8-10)24-16(17)18-12/h2-8H,1H3,(H2,17,18)(H,19,21)(H,20,22). The summed E-state index contributed by atoms with van der Waals surface area (Å²) < 4.78 is 5.83. The van der Waals surface area contributed by atoms with Gasteiger partial charge in [0.25, 0.3) is 11.8 Å². The Morgan fingerprint density at radius 2 is 1.67 bits per heavy atom. The van der Waals surface area contributed by atoms with E-state index in [1.165, 1.54) is 11.3 Å². The van der Waals surface area contributed by atoms with Gasteiger partial charge in [-0.1, -0.05) is 11.3 Å². The van der Waals surface area contributed by atoms with E-state index in [4.69, 9.17) is 10.5 Å². The molecule has 122 valence electrons. The number of fused-ring (bicyclic) bond motifs is 1. The number of thiazole rings is 1. The summed E-state index contributed by atoms with van der Waals surface area (Å²) in [4.78, 5) is 28.3. The molecule has 1 heterocycles. The van der Waals surface area contributed by atoms with Crippen molar-refractivity contribution < 1.29 is 14.3 Å². The molecule has 0 saturated heterocycles. The number of ether oxygens (including phenoxy) is 1. The summed E-state index contributed by atoms with van der Waals surface area (Å²) in [6.45, 7) is 0. The van der Waals surface area contributed by atoms with Crippen LogP contribution in [0.4, 0.5) is 5.13 Å². The molecule has 0 aliphatic carbocycles. The zero-order valence-corrected chi connectivity index (χ0v) is 13.5. The van der Waals surface area contributed by atoms with Crippen LogP contribution in [0.3, 0.4) is 0 Å². The van der Waals surface area contributed by atoms with Crippen molar-refractivity contribution in [2.45, 2.75) is 0 Å². The molecular formula is C16H14N4O3S. The molecule has 0 aliphatic heterocycles. The first-order valence-corrected chi connectivity index (χ1v) is 7.79. The van der Waals surface area contributed by atoms with Gasteiger partial charge >= 0.3 is 0 Å². The Labute approximate surface area is 141 Å². The number of carbonyl (C=O) groups is 2. The van der Waals surface area contributed by atoms with Crippen LogP contribution >= 0.6 is 11.3 Å². The average Bonchev–Trinajstić information content (AvgIpc) is 2.98. The summed E-state index contributed by atoms with van der Waals surface area (Å²) in [7, 11) is 1.54. The number of aromatic nitrogens is 1. The zero-order valence-electron chi connectivity index (χ0n) is 12.7. The third-order valence-electron chi connectivity index (χ3n) is 3.31. The van der Waals surface area contributed by atoms with E-state index >= 15 is 0 Å². The number of hydrogen-bond donors (Lipinski definition) is 3. The highest BCUT2D eigenvalue weighted by Crippen LogP contribution is 2.24. The number of nitrogens with two attached hydrogens (primary N) is 1. The predicted octanol–water partition coefficient (Wildman–Crippen LogP) is 1.96. The van der Waals surface area contributed by atoms with Gasteiger partial charge in [0.1, 0.15) is 5.75 Å². The van der Waals surface area contributed by atoms with Crippen molar-refractivity contribution in [1.82, 2.24) is 15.8 Å². The van der Waals surface area contributed by atoms with Crippen molar-refractivity contribution in [1.29, 1.82) is 0 Å². The van der Waals surface area contributed by atoms with Crippen LogP contribution in [0.1, 0.15) is 20.7 Å². The topological polar surface area (TPSA) is 106 Å². The van der Waals surface area contributed by atoms with Crippen LogP contribution in [0.15, 0.2) is 42.5 Å². The monoisotopic (exact) mass is 342 g/mol. The number of hydrazine groups is 1. The van der Waals surface area contributed by atoms with Gasteiger partial charge in [-0.15, -0.1) is 0 Å². The second kappa shape index (κ2) is 6.55. The molecule has 0 bridgehead atoms. The van der Waals surface area contributed by atoms with E-state index in [2.05, 4.69) is 15.8 Å². The number of anilines is 1. The fraction of sp³-hybridized carbons (Fsp3) is 0.0625. The SMILES string of the molecule is COc1ccc(C(=O)NNC(=O)c2ccc3nc(N)sc3c2)cc1. The Kier molecular flexibility index (Phi) is 4.30. The quantitative estimate of drug-likeness (QED) is 0.631. The fourth-order valence-corrected chi connectivity index (χ4v) is 2.86. The van der Waals surface area contributed by atoms with Crippen LogP contribution in [0.2, 0.25) is 0 Å². The summed E-state index contributed by atoms with van der Waals surface area (Å²) in [6, 6.07) is 11.5. The molecule has 24 heavy (non-hydrogen) atoms. The smallest absolute Gasteiger partial charge is 0.269 e. The Morgan fingerprint density at radius 1 is 1.04 bits per heavy atom. The number of hydrogen-bond acceptors (Lipinski definition) is 6. The number of amides is 2. The molecular weight excluding hydrogens is 328 g/mol. The minimum atomic E-state index is -0.425. The van der Waals surface area contributed by atoms with E-state index in [-0.39, 0.29) is 0 Å². The van der Waals surface area contributed by atoms with Crippen LogP contribution in [0.25, 0.3) is 10.2 Å². The van der Waals surface area contributed by atoms with Crippen molar-refractivity contribution >= 4 is 38.5 Å². The molecule has 0 radical (unpaired) electrons. The molecule has 0 atom stereocenters. The minimum Gasteiger partial charge on any atom is -0.497 e. The summed E-state index contributed by atoms with van der Waals surface area (Å²) in [5.41, 5.74) is 11.9. The lowest BCUT2D eigenvalue weighted by Gasteiger charge is -2.08. The zero-order chi connectivity index (χ0) is 17.1. The van der Waals surface area contributed by atoms with Gasteiger partial charge in [0, 0.05) is 11.1 Å². The van der Waals surface area contributed by atoms with Crippen molar-refractivity contribution in [2.24, 2.45) is 0 Å². The first-order valence-electron chi connectivity index (χ1n) is 6.97. The Balaban J connectivity index is 1.65. The lowest BCUT2D eigenvalue weighted by molar-refractivity contribution is 0.0847. The van der Waals surface area contributed by atoms with Gasteiger partial charge in [-0.25, -0.2) is 4.98 Å². The molecule has 2 amide bonds. The van der Waals surface area contributed by atoms with Crippen molar-refractivity contribution in [3.63, 3.8) is 0 Å². The highest BCUT2D eigenvalue weighted by molar-refractivity contribution is 7.22. The highest BCUT2D eigenvalue weighted by atomic mass is 32.1. The van der Waals surface area contributed by atoms with Crippen LogP contribution in [-0.2, 0) is 0 Å². The van der Waals surface area contributed by atoms with E-state index in [0.29, 0.717) is 22.0 Å². The van der Waals surface area contributed by atoms with Gasteiger partial charge in [-0.2, -0.15) is 0 Å². The van der Waals surface area contributed by atoms with E-state index < -0.39 is 11.8 Å². The average molecular weight is 342 g/mol. The molecule has 0 aliphatic rings. The maximum Gasteiger partial charge on any atom is 0.269 e. The minimum absolute atomic E-state index is 0.404. The molecule has 4 N–H and O–H groups in total. The van der Waals surface area contributed by atoms with Gasteiger partial charge in [0.05, 0.1) is 17.3 Å². The lowest BCUT2D eigenvalue weighted by atomic mass is 10.2. The van der Waals surface area contributed by atoms with E-state index in [1.54, 1.807) is 49.6 Å². The van der Waals surface area contributed by atoms with E-state index in [1.807, 2.05) is 0 Å². The normalized spacial score (nSPS) is 10.4. The van der Waals surface area contributed by atoms with Gasteiger partial charge < -0.3 is 10.5 Å². The molecule has 7 nitrogen and oxygen atoms in total. The van der Waals surface area contributed by atoms with Crippen LogP contribution < -0.4 is 21.3 Å². The molecule has 2 aromatic carbocycles. The highest BCUT2D eigenvalue weighted by Gasteiger charge is 2.11. The first-order chi connectivity index (χ1) is 11.6. The van der Waals surface area contributed by atoms with Gasteiger partial charge in [0.2, 0.25) is 0 Å². The van der Waals surface area contributed by atoms with Gasteiger partial charge in [-0.05, 0) is 42.5 Å². The number of nitrogens with zero attached hydrogens (tertiary/aromatic N) is 1. The van der Waals surface area contributed by atoms with Crippen LogP contribution in [-0.4, -0.2) is 23.9 Å². The number of benzene rings is 2. The predicted molar refractivity (Wildman–Crippen MR) is 92.0 cm³/mol. The van der Waals surface area contributed by atoms with E-state index in [9.17, 15) is 9.59 Å². The van der Waals surface area contributed by atoms with Crippen molar-refractivity contribution in [3.05, 3.63) is 53.6 Å². The number of carbonyl (C=O) groups excluding carboxylic acids is 2. The maximum atomic E-state index is 12.1.